The lowest BCUT2D eigenvalue weighted by molar-refractivity contribution is -0.142. The quantitative estimate of drug-likeness (QED) is 0.812. The largest absolute Gasteiger partial charge is 0.481 e. The van der Waals surface area contributed by atoms with Gasteiger partial charge < -0.3 is 10.4 Å². The molecule has 2 atom stereocenters. The number of aromatic nitrogens is 2. The van der Waals surface area contributed by atoms with Crippen molar-refractivity contribution in [2.75, 3.05) is 6.54 Å². The standard InChI is InChI=1S/C15H24ClN3O2/c1-3-12-14(16)13(19(4-2)18-12)9-17-8-10-6-5-7-11(10)15(20)21/h10-11,17H,3-9H2,1-2H3,(H,20,21). The number of aryl methyl sites for hydroxylation is 2. The summed E-state index contributed by atoms with van der Waals surface area (Å²) in [5.74, 6) is -0.635. The molecule has 118 valence electrons. The van der Waals surface area contributed by atoms with E-state index in [1.807, 2.05) is 18.5 Å². The van der Waals surface area contributed by atoms with E-state index in [-0.39, 0.29) is 11.8 Å². The number of halogens is 1. The van der Waals surface area contributed by atoms with Gasteiger partial charge in [0.05, 0.1) is 22.3 Å². The van der Waals surface area contributed by atoms with Crippen LogP contribution in [-0.2, 0) is 24.3 Å². The molecular weight excluding hydrogens is 290 g/mol. The first-order valence-corrected chi connectivity index (χ1v) is 8.13. The van der Waals surface area contributed by atoms with Gasteiger partial charge >= 0.3 is 5.97 Å². The number of nitrogens with zero attached hydrogens (tertiary/aromatic N) is 2. The van der Waals surface area contributed by atoms with Crippen LogP contribution in [0.4, 0.5) is 0 Å². The van der Waals surface area contributed by atoms with E-state index in [2.05, 4.69) is 10.4 Å². The third-order valence-electron chi connectivity index (χ3n) is 4.37. The highest BCUT2D eigenvalue weighted by Crippen LogP contribution is 2.31. The number of hydrogen-bond donors (Lipinski definition) is 2. The van der Waals surface area contributed by atoms with E-state index in [1.54, 1.807) is 0 Å². The van der Waals surface area contributed by atoms with E-state index in [1.165, 1.54) is 0 Å². The van der Waals surface area contributed by atoms with Crippen LogP contribution in [0.25, 0.3) is 0 Å². The van der Waals surface area contributed by atoms with Gasteiger partial charge in [0.1, 0.15) is 0 Å². The summed E-state index contributed by atoms with van der Waals surface area (Å²) in [6, 6.07) is 0. The Hall–Kier alpha value is -1.07. The van der Waals surface area contributed by atoms with Gasteiger partial charge in [-0.3, -0.25) is 9.48 Å². The van der Waals surface area contributed by atoms with Gasteiger partial charge in [-0.2, -0.15) is 5.10 Å². The van der Waals surface area contributed by atoms with Gasteiger partial charge in [0.25, 0.3) is 0 Å². The molecule has 1 aromatic rings. The average Bonchev–Trinajstić information content (AvgIpc) is 3.04. The smallest absolute Gasteiger partial charge is 0.306 e. The van der Waals surface area contributed by atoms with E-state index >= 15 is 0 Å². The summed E-state index contributed by atoms with van der Waals surface area (Å²) in [6.45, 7) is 6.25. The third kappa shape index (κ3) is 3.58. The molecule has 0 radical (unpaired) electrons. The summed E-state index contributed by atoms with van der Waals surface area (Å²) in [5.41, 5.74) is 1.93. The molecule has 2 unspecified atom stereocenters. The molecule has 0 saturated heterocycles. The molecule has 1 saturated carbocycles. The van der Waals surface area contributed by atoms with Crippen LogP contribution < -0.4 is 5.32 Å². The van der Waals surface area contributed by atoms with Crippen molar-refractivity contribution in [3.63, 3.8) is 0 Å². The number of rotatable bonds is 7. The third-order valence-corrected chi connectivity index (χ3v) is 4.81. The van der Waals surface area contributed by atoms with Crippen molar-refractivity contribution in [1.82, 2.24) is 15.1 Å². The van der Waals surface area contributed by atoms with Gasteiger partial charge in [0.15, 0.2) is 0 Å². The maximum absolute atomic E-state index is 11.2. The van der Waals surface area contributed by atoms with Crippen LogP contribution in [0.3, 0.4) is 0 Å². The average molecular weight is 314 g/mol. The Morgan fingerprint density at radius 3 is 2.86 bits per heavy atom. The van der Waals surface area contributed by atoms with E-state index in [4.69, 9.17) is 11.6 Å². The Morgan fingerprint density at radius 2 is 2.24 bits per heavy atom. The maximum atomic E-state index is 11.2. The molecule has 0 bridgehead atoms. The first kappa shape index (κ1) is 16.3. The Kier molecular flexibility index (Phi) is 5.65. The highest BCUT2D eigenvalue weighted by Gasteiger charge is 2.32. The molecule has 1 aromatic heterocycles. The lowest BCUT2D eigenvalue weighted by Crippen LogP contribution is -2.29. The number of carboxylic acid groups (broad SMARTS) is 1. The Labute approximate surface area is 130 Å². The van der Waals surface area contributed by atoms with Crippen LogP contribution >= 0.6 is 11.6 Å². The van der Waals surface area contributed by atoms with Crippen LogP contribution in [0.1, 0.15) is 44.5 Å². The maximum Gasteiger partial charge on any atom is 0.306 e. The van der Waals surface area contributed by atoms with Gasteiger partial charge in [-0.25, -0.2) is 0 Å². The molecule has 0 aromatic carbocycles. The number of carbonyl (C=O) groups is 1. The predicted molar refractivity (Wildman–Crippen MR) is 82.5 cm³/mol. The van der Waals surface area contributed by atoms with Crippen LogP contribution in [0.15, 0.2) is 0 Å². The van der Waals surface area contributed by atoms with Crippen molar-refractivity contribution in [2.45, 2.75) is 52.6 Å². The van der Waals surface area contributed by atoms with Gasteiger partial charge in [-0.05, 0) is 38.6 Å². The highest BCUT2D eigenvalue weighted by atomic mass is 35.5. The molecule has 1 aliphatic rings. The van der Waals surface area contributed by atoms with Crippen LogP contribution in [0, 0.1) is 11.8 Å². The highest BCUT2D eigenvalue weighted by molar-refractivity contribution is 6.31. The van der Waals surface area contributed by atoms with Crippen molar-refractivity contribution >= 4 is 17.6 Å². The summed E-state index contributed by atoms with van der Waals surface area (Å²) in [5, 5.41) is 17.8. The summed E-state index contributed by atoms with van der Waals surface area (Å²) >= 11 is 6.37. The molecule has 0 spiro atoms. The van der Waals surface area contributed by atoms with Crippen molar-refractivity contribution in [2.24, 2.45) is 11.8 Å². The second-order valence-electron chi connectivity index (χ2n) is 5.64. The second kappa shape index (κ2) is 7.27. The van der Waals surface area contributed by atoms with Crippen molar-refractivity contribution in [1.29, 1.82) is 0 Å². The molecule has 2 N–H and O–H groups in total. The van der Waals surface area contributed by atoms with E-state index in [9.17, 15) is 9.90 Å². The molecule has 2 rings (SSSR count). The fourth-order valence-electron chi connectivity index (χ4n) is 3.17. The Balaban J connectivity index is 1.94. The van der Waals surface area contributed by atoms with Crippen molar-refractivity contribution in [3.05, 3.63) is 16.4 Å². The monoisotopic (exact) mass is 313 g/mol. The van der Waals surface area contributed by atoms with Gasteiger partial charge in [-0.1, -0.05) is 24.9 Å². The van der Waals surface area contributed by atoms with E-state index < -0.39 is 5.97 Å². The fraction of sp³-hybridized carbons (Fsp3) is 0.733. The molecule has 1 heterocycles. The second-order valence-corrected chi connectivity index (χ2v) is 6.02. The molecule has 0 amide bonds. The summed E-state index contributed by atoms with van der Waals surface area (Å²) < 4.78 is 1.93. The first-order valence-electron chi connectivity index (χ1n) is 7.76. The Bertz CT molecular complexity index is 501. The van der Waals surface area contributed by atoms with Gasteiger partial charge in [0.2, 0.25) is 0 Å². The minimum atomic E-state index is -0.663. The molecule has 1 fully saturated rings. The lowest BCUT2D eigenvalue weighted by Gasteiger charge is -2.16. The lowest BCUT2D eigenvalue weighted by atomic mass is 9.96. The van der Waals surface area contributed by atoms with Gasteiger partial charge in [0, 0.05) is 13.1 Å². The van der Waals surface area contributed by atoms with Crippen LogP contribution in [0.5, 0.6) is 0 Å². The zero-order valence-corrected chi connectivity index (χ0v) is 13.5. The summed E-state index contributed by atoms with van der Waals surface area (Å²) in [4.78, 5) is 11.2. The molecular formula is C15H24ClN3O2. The number of carboxylic acids is 1. The fourth-order valence-corrected chi connectivity index (χ4v) is 3.50. The SMILES string of the molecule is CCc1nn(CC)c(CNCC2CCCC2C(=O)O)c1Cl. The molecule has 5 nitrogen and oxygen atoms in total. The zero-order valence-electron chi connectivity index (χ0n) is 12.7. The number of nitrogens with one attached hydrogen (secondary N) is 1. The van der Waals surface area contributed by atoms with Crippen LogP contribution in [0.2, 0.25) is 5.02 Å². The van der Waals surface area contributed by atoms with E-state index in [0.717, 1.165) is 55.2 Å². The van der Waals surface area contributed by atoms with Crippen molar-refractivity contribution < 1.29 is 9.90 Å². The molecule has 6 heteroatoms. The van der Waals surface area contributed by atoms with Crippen LogP contribution in [-0.4, -0.2) is 27.4 Å². The van der Waals surface area contributed by atoms with Crippen molar-refractivity contribution in [3.8, 4) is 0 Å². The zero-order chi connectivity index (χ0) is 15.4. The topological polar surface area (TPSA) is 67.2 Å². The predicted octanol–water partition coefficient (Wildman–Crippen LogP) is 2.71. The summed E-state index contributed by atoms with van der Waals surface area (Å²) in [6.07, 6.45) is 3.62. The van der Waals surface area contributed by atoms with Gasteiger partial charge in [-0.15, -0.1) is 0 Å². The first-order chi connectivity index (χ1) is 10.1. The summed E-state index contributed by atoms with van der Waals surface area (Å²) in [7, 11) is 0. The Morgan fingerprint density at radius 1 is 1.48 bits per heavy atom. The normalized spacial score (nSPS) is 21.9. The molecule has 0 aliphatic heterocycles. The van der Waals surface area contributed by atoms with E-state index in [0.29, 0.717) is 6.54 Å². The molecule has 21 heavy (non-hydrogen) atoms. The number of hydrogen-bond acceptors (Lipinski definition) is 3. The minimum absolute atomic E-state index is 0.199. The number of aliphatic carboxylic acids is 1. The minimum Gasteiger partial charge on any atom is -0.481 e. The molecule has 1 aliphatic carbocycles.